The van der Waals surface area contributed by atoms with E-state index in [0.29, 0.717) is 13.0 Å². The van der Waals surface area contributed by atoms with Crippen molar-refractivity contribution >= 4 is 11.8 Å². The Morgan fingerprint density at radius 2 is 1.75 bits per heavy atom. The van der Waals surface area contributed by atoms with Crippen LogP contribution in [-0.4, -0.2) is 49.4 Å². The molecule has 0 aliphatic heterocycles. The van der Waals surface area contributed by atoms with Crippen LogP contribution in [-0.2, 0) is 9.59 Å². The van der Waals surface area contributed by atoms with Crippen LogP contribution in [0.25, 0.3) is 0 Å². The van der Waals surface area contributed by atoms with Crippen LogP contribution in [0.3, 0.4) is 0 Å². The van der Waals surface area contributed by atoms with Gasteiger partial charge in [-0.2, -0.15) is 0 Å². The minimum atomic E-state index is -0.210. The lowest BCUT2D eigenvalue weighted by atomic mass is 10.1. The molecule has 94 valence electrons. The molecule has 0 saturated heterocycles. The van der Waals surface area contributed by atoms with Gasteiger partial charge in [-0.3, -0.25) is 9.59 Å². The fourth-order valence-corrected chi connectivity index (χ4v) is 1.08. The highest BCUT2D eigenvalue weighted by molar-refractivity contribution is 5.79. The normalized spacial score (nSPS) is 11.1. The highest BCUT2D eigenvalue weighted by Gasteiger charge is 2.13. The van der Waals surface area contributed by atoms with Crippen LogP contribution >= 0.6 is 0 Å². The maximum atomic E-state index is 11.4. The predicted molar refractivity (Wildman–Crippen MR) is 64.1 cm³/mol. The first-order valence-electron chi connectivity index (χ1n) is 5.44. The standard InChI is InChI=1S/C11H23N3O2/c1-11(2,3)13-9(15)8-12-7-6-10(16)14(4)5/h12H,6-8H2,1-5H3,(H,13,15). The molecular weight excluding hydrogens is 206 g/mol. The Hall–Kier alpha value is -1.10. The molecule has 2 N–H and O–H groups in total. The minimum Gasteiger partial charge on any atom is -0.350 e. The van der Waals surface area contributed by atoms with E-state index in [1.54, 1.807) is 14.1 Å². The monoisotopic (exact) mass is 229 g/mol. The van der Waals surface area contributed by atoms with E-state index < -0.39 is 0 Å². The third-order valence-corrected chi connectivity index (χ3v) is 1.81. The van der Waals surface area contributed by atoms with Gasteiger partial charge in [0.1, 0.15) is 0 Å². The molecule has 0 aromatic rings. The first kappa shape index (κ1) is 14.9. The Labute approximate surface area is 97.6 Å². The van der Waals surface area contributed by atoms with Crippen molar-refractivity contribution in [2.45, 2.75) is 32.7 Å². The molecule has 5 nitrogen and oxygen atoms in total. The van der Waals surface area contributed by atoms with Crippen molar-refractivity contribution in [2.75, 3.05) is 27.2 Å². The number of hydrogen-bond donors (Lipinski definition) is 2. The van der Waals surface area contributed by atoms with Gasteiger partial charge in [0.25, 0.3) is 0 Å². The molecular formula is C11H23N3O2. The molecule has 0 atom stereocenters. The zero-order chi connectivity index (χ0) is 12.8. The van der Waals surface area contributed by atoms with Crippen LogP contribution in [0.1, 0.15) is 27.2 Å². The number of nitrogens with zero attached hydrogens (tertiary/aromatic N) is 1. The van der Waals surface area contributed by atoms with Crippen LogP contribution in [0, 0.1) is 0 Å². The molecule has 0 unspecified atom stereocenters. The summed E-state index contributed by atoms with van der Waals surface area (Å²) < 4.78 is 0. The summed E-state index contributed by atoms with van der Waals surface area (Å²) in [5, 5.41) is 5.77. The predicted octanol–water partition coefficient (Wildman–Crippen LogP) is -0.0310. The zero-order valence-corrected chi connectivity index (χ0v) is 10.9. The lowest BCUT2D eigenvalue weighted by Gasteiger charge is -2.20. The number of amides is 2. The molecule has 5 heteroatoms. The van der Waals surface area contributed by atoms with E-state index in [1.165, 1.54) is 4.90 Å². The fourth-order valence-electron chi connectivity index (χ4n) is 1.08. The van der Waals surface area contributed by atoms with Crippen molar-refractivity contribution in [1.82, 2.24) is 15.5 Å². The average Bonchev–Trinajstić information content (AvgIpc) is 2.08. The van der Waals surface area contributed by atoms with E-state index >= 15 is 0 Å². The summed E-state index contributed by atoms with van der Waals surface area (Å²) in [6.07, 6.45) is 0.412. The van der Waals surface area contributed by atoms with Crippen LogP contribution < -0.4 is 10.6 Å². The number of rotatable bonds is 5. The number of hydrogen-bond acceptors (Lipinski definition) is 3. The van der Waals surface area contributed by atoms with Gasteiger partial charge < -0.3 is 15.5 Å². The molecule has 0 saturated carbocycles. The number of carbonyl (C=O) groups excluding carboxylic acids is 2. The van der Waals surface area contributed by atoms with Gasteiger partial charge in [-0.05, 0) is 20.8 Å². The molecule has 0 rings (SSSR count). The zero-order valence-electron chi connectivity index (χ0n) is 10.9. The Kier molecular flexibility index (Phi) is 6.03. The first-order valence-corrected chi connectivity index (χ1v) is 5.44. The summed E-state index contributed by atoms with van der Waals surface area (Å²) in [4.78, 5) is 24.1. The van der Waals surface area contributed by atoms with E-state index in [0.717, 1.165) is 0 Å². The summed E-state index contributed by atoms with van der Waals surface area (Å²) in [6, 6.07) is 0. The Morgan fingerprint density at radius 1 is 1.19 bits per heavy atom. The second kappa shape index (κ2) is 6.48. The van der Waals surface area contributed by atoms with Crippen LogP contribution in [0.4, 0.5) is 0 Å². The van der Waals surface area contributed by atoms with Gasteiger partial charge in [0, 0.05) is 32.6 Å². The number of nitrogens with one attached hydrogen (secondary N) is 2. The van der Waals surface area contributed by atoms with Crippen LogP contribution in [0.15, 0.2) is 0 Å². The lowest BCUT2D eigenvalue weighted by molar-refractivity contribution is -0.129. The van der Waals surface area contributed by atoms with Gasteiger partial charge in [-0.15, -0.1) is 0 Å². The number of carbonyl (C=O) groups is 2. The highest BCUT2D eigenvalue weighted by atomic mass is 16.2. The van der Waals surface area contributed by atoms with E-state index in [9.17, 15) is 9.59 Å². The van der Waals surface area contributed by atoms with Crippen LogP contribution in [0.5, 0.6) is 0 Å². The van der Waals surface area contributed by atoms with Crippen molar-refractivity contribution in [3.05, 3.63) is 0 Å². The fraction of sp³-hybridized carbons (Fsp3) is 0.818. The SMILES string of the molecule is CN(C)C(=O)CCNCC(=O)NC(C)(C)C. The van der Waals surface area contributed by atoms with Gasteiger partial charge in [-0.25, -0.2) is 0 Å². The van der Waals surface area contributed by atoms with Gasteiger partial charge in [0.15, 0.2) is 0 Å². The largest absolute Gasteiger partial charge is 0.350 e. The molecule has 0 aliphatic rings. The van der Waals surface area contributed by atoms with Crippen molar-refractivity contribution in [3.8, 4) is 0 Å². The summed E-state index contributed by atoms with van der Waals surface area (Å²) in [5.41, 5.74) is -0.210. The van der Waals surface area contributed by atoms with Crippen molar-refractivity contribution < 1.29 is 9.59 Å². The summed E-state index contributed by atoms with van der Waals surface area (Å²) in [5.74, 6) is 0.00790. The van der Waals surface area contributed by atoms with E-state index in [1.807, 2.05) is 20.8 Å². The molecule has 0 aliphatic carbocycles. The smallest absolute Gasteiger partial charge is 0.234 e. The minimum absolute atomic E-state index is 0.0511. The molecule has 16 heavy (non-hydrogen) atoms. The highest BCUT2D eigenvalue weighted by Crippen LogP contribution is 1.97. The van der Waals surface area contributed by atoms with Crippen molar-refractivity contribution in [2.24, 2.45) is 0 Å². The molecule has 0 heterocycles. The van der Waals surface area contributed by atoms with Crippen molar-refractivity contribution in [1.29, 1.82) is 0 Å². The third-order valence-electron chi connectivity index (χ3n) is 1.81. The topological polar surface area (TPSA) is 61.4 Å². The Bertz CT molecular complexity index is 244. The molecule has 2 amide bonds. The lowest BCUT2D eigenvalue weighted by Crippen LogP contribution is -2.45. The van der Waals surface area contributed by atoms with Gasteiger partial charge >= 0.3 is 0 Å². The van der Waals surface area contributed by atoms with Gasteiger partial charge in [0.2, 0.25) is 11.8 Å². The van der Waals surface area contributed by atoms with E-state index in [-0.39, 0.29) is 23.9 Å². The van der Waals surface area contributed by atoms with E-state index in [4.69, 9.17) is 0 Å². The Balaban J connectivity index is 3.60. The molecule has 0 bridgehead atoms. The molecule has 0 spiro atoms. The molecule has 0 radical (unpaired) electrons. The Morgan fingerprint density at radius 3 is 2.19 bits per heavy atom. The average molecular weight is 229 g/mol. The third kappa shape index (κ3) is 8.23. The van der Waals surface area contributed by atoms with Gasteiger partial charge in [-0.1, -0.05) is 0 Å². The molecule has 0 aromatic heterocycles. The second-order valence-corrected chi connectivity index (χ2v) is 5.01. The molecule has 0 fully saturated rings. The first-order chi connectivity index (χ1) is 7.22. The second-order valence-electron chi connectivity index (χ2n) is 5.01. The molecule has 0 aromatic carbocycles. The van der Waals surface area contributed by atoms with E-state index in [2.05, 4.69) is 10.6 Å². The summed E-state index contributed by atoms with van der Waals surface area (Å²) in [6.45, 7) is 6.56. The summed E-state index contributed by atoms with van der Waals surface area (Å²) >= 11 is 0. The van der Waals surface area contributed by atoms with Crippen LogP contribution in [0.2, 0.25) is 0 Å². The van der Waals surface area contributed by atoms with Gasteiger partial charge in [0.05, 0.1) is 6.54 Å². The maximum Gasteiger partial charge on any atom is 0.234 e. The van der Waals surface area contributed by atoms with Crippen molar-refractivity contribution in [3.63, 3.8) is 0 Å². The maximum absolute atomic E-state index is 11.4. The summed E-state index contributed by atoms with van der Waals surface area (Å²) in [7, 11) is 3.43. The quantitative estimate of drug-likeness (QED) is 0.651.